The first-order valence-electron chi connectivity index (χ1n) is 9.53. The number of hydrogen-bond donors (Lipinski definition) is 1. The summed E-state index contributed by atoms with van der Waals surface area (Å²) in [5.74, 6) is 1.17. The number of fused-ring (bicyclic) bond motifs is 1. The van der Waals surface area contributed by atoms with Crippen LogP contribution in [-0.4, -0.2) is 61.0 Å². The van der Waals surface area contributed by atoms with Crippen LogP contribution in [-0.2, 0) is 4.79 Å². The molecule has 1 N–H and O–H groups in total. The van der Waals surface area contributed by atoms with Gasteiger partial charge in [-0.25, -0.2) is 0 Å². The fourth-order valence-corrected chi connectivity index (χ4v) is 4.77. The molecule has 2 heterocycles. The van der Waals surface area contributed by atoms with Gasteiger partial charge in [-0.3, -0.25) is 9.69 Å². The largest absolute Gasteiger partial charge is 0.340 e. The molecule has 0 aromatic heterocycles. The number of rotatable bonds is 2. The number of hydrogen-bond acceptors (Lipinski definition) is 3. The van der Waals surface area contributed by atoms with Crippen LogP contribution in [0.25, 0.3) is 0 Å². The zero-order valence-electron chi connectivity index (χ0n) is 15.3. The molecule has 3 atom stereocenters. The summed E-state index contributed by atoms with van der Waals surface area (Å²) >= 11 is 0. The van der Waals surface area contributed by atoms with Gasteiger partial charge in [-0.15, -0.1) is 0 Å². The molecule has 0 bridgehead atoms. The lowest BCUT2D eigenvalue weighted by Gasteiger charge is -2.40. The Bertz CT molecular complexity index is 580. The Morgan fingerprint density at radius 1 is 1.25 bits per heavy atom. The van der Waals surface area contributed by atoms with Crippen LogP contribution >= 0.6 is 0 Å². The second kappa shape index (κ2) is 5.70. The molecular weight excluding hydrogens is 298 g/mol. The van der Waals surface area contributed by atoms with Gasteiger partial charge in [-0.05, 0) is 30.9 Å². The predicted octanol–water partition coefficient (Wildman–Crippen LogP) is 2.04. The third-order valence-corrected chi connectivity index (χ3v) is 6.43. The molecule has 0 aromatic rings. The molecule has 2 saturated heterocycles. The molecule has 1 amide bonds. The van der Waals surface area contributed by atoms with E-state index in [0.717, 1.165) is 38.5 Å². The number of piperazine rings is 1. The van der Waals surface area contributed by atoms with Crippen molar-refractivity contribution in [2.24, 2.45) is 16.7 Å². The van der Waals surface area contributed by atoms with Crippen molar-refractivity contribution in [2.45, 2.75) is 39.7 Å². The number of carbonyl (C=O) groups excluding carboxylic acids is 1. The van der Waals surface area contributed by atoms with Crippen molar-refractivity contribution >= 4 is 5.91 Å². The fraction of sp³-hybridized carbons (Fsp3) is 0.750. The highest BCUT2D eigenvalue weighted by Crippen LogP contribution is 2.60. The van der Waals surface area contributed by atoms with Gasteiger partial charge in [0.2, 0.25) is 5.91 Å². The molecule has 2 aliphatic carbocycles. The molecule has 4 aliphatic rings. The molecule has 3 unspecified atom stereocenters. The molecule has 0 spiro atoms. The summed E-state index contributed by atoms with van der Waals surface area (Å²) in [7, 11) is 0. The number of nitrogens with zero attached hydrogens (tertiary/aromatic N) is 2. The third kappa shape index (κ3) is 2.74. The Kier molecular flexibility index (Phi) is 3.88. The van der Waals surface area contributed by atoms with Crippen molar-refractivity contribution in [2.75, 3.05) is 39.3 Å². The highest BCUT2D eigenvalue weighted by Gasteiger charge is 2.58. The standard InChI is InChI=1S/C20H31N3O/c1-19(2,3)18(24)23-10-8-22(9-11-23)17-6-4-15(5-7-17)20-12-16(20)13-21-14-20/h4-6,16-17,21H,7-14H2,1-3H3. The predicted molar refractivity (Wildman–Crippen MR) is 96.6 cm³/mol. The summed E-state index contributed by atoms with van der Waals surface area (Å²) < 4.78 is 0. The van der Waals surface area contributed by atoms with Crippen LogP contribution in [0.4, 0.5) is 0 Å². The number of carbonyl (C=O) groups is 1. The van der Waals surface area contributed by atoms with Crippen molar-refractivity contribution in [1.82, 2.24) is 15.1 Å². The van der Waals surface area contributed by atoms with Crippen LogP contribution in [0.5, 0.6) is 0 Å². The summed E-state index contributed by atoms with van der Waals surface area (Å²) in [6.07, 6.45) is 9.82. The van der Waals surface area contributed by atoms with Gasteiger partial charge >= 0.3 is 0 Å². The van der Waals surface area contributed by atoms with E-state index in [-0.39, 0.29) is 11.3 Å². The van der Waals surface area contributed by atoms with E-state index in [9.17, 15) is 4.79 Å². The molecule has 24 heavy (non-hydrogen) atoms. The average molecular weight is 329 g/mol. The van der Waals surface area contributed by atoms with E-state index in [1.165, 1.54) is 19.5 Å². The van der Waals surface area contributed by atoms with Gasteiger partial charge in [0.15, 0.2) is 0 Å². The maximum Gasteiger partial charge on any atom is 0.228 e. The van der Waals surface area contributed by atoms with E-state index in [1.54, 1.807) is 5.57 Å². The minimum atomic E-state index is -0.264. The second-order valence-corrected chi connectivity index (χ2v) is 9.09. The monoisotopic (exact) mass is 329 g/mol. The summed E-state index contributed by atoms with van der Waals surface area (Å²) in [5, 5.41) is 3.54. The zero-order valence-corrected chi connectivity index (χ0v) is 15.3. The smallest absolute Gasteiger partial charge is 0.228 e. The van der Waals surface area contributed by atoms with E-state index in [2.05, 4.69) is 28.4 Å². The highest BCUT2D eigenvalue weighted by atomic mass is 16.2. The molecule has 3 fully saturated rings. The number of amides is 1. The summed E-state index contributed by atoms with van der Waals surface area (Å²) in [6, 6.07) is 0.517. The molecule has 4 heteroatoms. The maximum atomic E-state index is 12.4. The normalized spacial score (nSPS) is 36.5. The summed E-state index contributed by atoms with van der Waals surface area (Å²) in [6.45, 7) is 12.1. The maximum absolute atomic E-state index is 12.4. The van der Waals surface area contributed by atoms with Crippen molar-refractivity contribution in [3.63, 3.8) is 0 Å². The highest BCUT2D eigenvalue weighted by molar-refractivity contribution is 5.81. The van der Waals surface area contributed by atoms with Gasteiger partial charge < -0.3 is 10.2 Å². The van der Waals surface area contributed by atoms with Crippen LogP contribution in [0.2, 0.25) is 0 Å². The summed E-state index contributed by atoms with van der Waals surface area (Å²) in [4.78, 5) is 17.0. The number of nitrogens with one attached hydrogen (secondary N) is 1. The SMILES string of the molecule is CC(C)(C)C(=O)N1CCN(C2C=CC(C34CNCC3C4)=CC2)CC1. The first-order valence-corrected chi connectivity index (χ1v) is 9.53. The van der Waals surface area contributed by atoms with Crippen LogP contribution in [0, 0.1) is 16.7 Å². The van der Waals surface area contributed by atoms with Gasteiger partial charge in [0.05, 0.1) is 0 Å². The van der Waals surface area contributed by atoms with E-state index in [1.807, 2.05) is 25.7 Å². The quantitative estimate of drug-likeness (QED) is 0.842. The Hall–Kier alpha value is -1.13. The Labute approximate surface area is 146 Å². The molecule has 4 nitrogen and oxygen atoms in total. The minimum Gasteiger partial charge on any atom is -0.340 e. The van der Waals surface area contributed by atoms with E-state index in [4.69, 9.17) is 0 Å². The Morgan fingerprint density at radius 2 is 2.00 bits per heavy atom. The number of piperidine rings is 1. The third-order valence-electron chi connectivity index (χ3n) is 6.43. The lowest BCUT2D eigenvalue weighted by atomic mass is 9.88. The first-order chi connectivity index (χ1) is 11.4. The van der Waals surface area contributed by atoms with E-state index < -0.39 is 0 Å². The van der Waals surface area contributed by atoms with Gasteiger partial charge in [-0.1, -0.05) is 39.0 Å². The Balaban J connectivity index is 1.31. The van der Waals surface area contributed by atoms with Gasteiger partial charge in [0.25, 0.3) is 0 Å². The molecule has 132 valence electrons. The molecule has 4 rings (SSSR count). The van der Waals surface area contributed by atoms with Gasteiger partial charge in [-0.2, -0.15) is 0 Å². The molecule has 2 aliphatic heterocycles. The zero-order chi connectivity index (χ0) is 16.9. The van der Waals surface area contributed by atoms with Crippen molar-refractivity contribution in [3.05, 3.63) is 23.8 Å². The second-order valence-electron chi connectivity index (χ2n) is 9.09. The minimum absolute atomic E-state index is 0.264. The van der Waals surface area contributed by atoms with Gasteiger partial charge in [0, 0.05) is 49.6 Å². The Morgan fingerprint density at radius 3 is 2.50 bits per heavy atom. The fourth-order valence-electron chi connectivity index (χ4n) is 4.77. The van der Waals surface area contributed by atoms with Crippen molar-refractivity contribution in [1.29, 1.82) is 0 Å². The molecule has 0 radical (unpaired) electrons. The molecular formula is C20H31N3O. The number of allylic oxidation sites excluding steroid dienone is 1. The van der Waals surface area contributed by atoms with Crippen molar-refractivity contribution < 1.29 is 4.79 Å². The molecule has 1 saturated carbocycles. The van der Waals surface area contributed by atoms with Crippen LogP contribution in [0.3, 0.4) is 0 Å². The van der Waals surface area contributed by atoms with Gasteiger partial charge in [0.1, 0.15) is 0 Å². The first kappa shape index (κ1) is 16.3. The van der Waals surface area contributed by atoms with Crippen LogP contribution < -0.4 is 5.32 Å². The van der Waals surface area contributed by atoms with E-state index >= 15 is 0 Å². The summed E-state index contributed by atoms with van der Waals surface area (Å²) in [5.41, 5.74) is 1.80. The van der Waals surface area contributed by atoms with Crippen LogP contribution in [0.15, 0.2) is 23.8 Å². The van der Waals surface area contributed by atoms with E-state index in [0.29, 0.717) is 11.5 Å². The average Bonchev–Trinajstić information content (AvgIpc) is 3.15. The topological polar surface area (TPSA) is 35.6 Å². The lowest BCUT2D eigenvalue weighted by Crippen LogP contribution is -2.53. The van der Waals surface area contributed by atoms with Crippen molar-refractivity contribution in [3.8, 4) is 0 Å². The molecule has 0 aromatic carbocycles. The van der Waals surface area contributed by atoms with Crippen LogP contribution in [0.1, 0.15) is 33.6 Å². The lowest BCUT2D eigenvalue weighted by molar-refractivity contribution is -0.141.